The normalized spacial score (nSPS) is 12.8. The summed E-state index contributed by atoms with van der Waals surface area (Å²) in [6, 6.07) is 19.5. The molecule has 1 unspecified atom stereocenters. The first kappa shape index (κ1) is 19.8. The predicted molar refractivity (Wildman–Crippen MR) is 117 cm³/mol. The van der Waals surface area contributed by atoms with Gasteiger partial charge in [0.2, 0.25) is 0 Å². The summed E-state index contributed by atoms with van der Waals surface area (Å²) in [5.41, 5.74) is 3.16. The van der Waals surface area contributed by atoms with E-state index in [9.17, 15) is 8.42 Å². The van der Waals surface area contributed by atoms with Crippen molar-refractivity contribution in [1.29, 1.82) is 0 Å². The molecule has 0 fully saturated rings. The monoisotopic (exact) mass is 445 g/mol. The largest absolute Gasteiger partial charge is 0.323 e. The van der Waals surface area contributed by atoms with E-state index in [0.717, 1.165) is 16.6 Å². The number of imidazole rings is 1. The van der Waals surface area contributed by atoms with Crippen molar-refractivity contribution < 1.29 is 8.42 Å². The van der Waals surface area contributed by atoms with Crippen LogP contribution in [0, 0.1) is 0 Å². The number of nitrogens with one attached hydrogen (secondary N) is 1. The molecule has 5 nitrogen and oxygen atoms in total. The summed E-state index contributed by atoms with van der Waals surface area (Å²) >= 11 is 11.9. The Morgan fingerprint density at radius 2 is 1.66 bits per heavy atom. The highest BCUT2D eigenvalue weighted by Gasteiger charge is 2.17. The Labute approximate surface area is 179 Å². The van der Waals surface area contributed by atoms with E-state index >= 15 is 0 Å². The van der Waals surface area contributed by atoms with E-state index in [0.29, 0.717) is 5.69 Å². The highest BCUT2D eigenvalue weighted by molar-refractivity contribution is 7.92. The first-order chi connectivity index (χ1) is 13.8. The Morgan fingerprint density at radius 3 is 2.34 bits per heavy atom. The lowest BCUT2D eigenvalue weighted by atomic mass is 10.1. The maximum atomic E-state index is 12.8. The molecule has 1 aromatic heterocycles. The molecule has 1 heterocycles. The number of fused-ring (bicyclic) bond motifs is 1. The standard InChI is InChI=1S/C21H17Cl2N3O2S/c1-14(15-5-3-2-4-6-15)26-13-24-20-8-7-18(12-21(20)26)25-29(27,28)19-10-16(22)9-17(23)11-19/h2-14,25H,1H3. The maximum absolute atomic E-state index is 12.8. The molecule has 0 aliphatic rings. The lowest BCUT2D eigenvalue weighted by Gasteiger charge is -2.15. The predicted octanol–water partition coefficient (Wildman–Crippen LogP) is 5.75. The SMILES string of the molecule is CC(c1ccccc1)n1cnc2ccc(NS(=O)(=O)c3cc(Cl)cc(Cl)c3)cc21. The van der Waals surface area contributed by atoms with Gasteiger partial charge >= 0.3 is 0 Å². The summed E-state index contributed by atoms with van der Waals surface area (Å²) in [6.45, 7) is 2.07. The number of anilines is 1. The highest BCUT2D eigenvalue weighted by atomic mass is 35.5. The van der Waals surface area contributed by atoms with Crippen LogP contribution in [0.15, 0.2) is 78.0 Å². The van der Waals surface area contributed by atoms with Crippen LogP contribution in [0.4, 0.5) is 5.69 Å². The van der Waals surface area contributed by atoms with E-state index in [1.54, 1.807) is 24.5 Å². The van der Waals surface area contributed by atoms with Gasteiger partial charge in [-0.15, -0.1) is 0 Å². The summed E-state index contributed by atoms with van der Waals surface area (Å²) in [6.07, 6.45) is 1.76. The quantitative estimate of drug-likeness (QED) is 0.424. The van der Waals surface area contributed by atoms with Gasteiger partial charge in [-0.1, -0.05) is 53.5 Å². The van der Waals surface area contributed by atoms with Crippen molar-refractivity contribution >= 4 is 49.9 Å². The van der Waals surface area contributed by atoms with Crippen molar-refractivity contribution in [3.8, 4) is 0 Å². The first-order valence-corrected chi connectivity index (χ1v) is 11.1. The van der Waals surface area contributed by atoms with Crippen molar-refractivity contribution in [1.82, 2.24) is 9.55 Å². The zero-order valence-corrected chi connectivity index (χ0v) is 17.7. The summed E-state index contributed by atoms with van der Waals surface area (Å²) in [7, 11) is -3.84. The molecular weight excluding hydrogens is 429 g/mol. The molecular formula is C21H17Cl2N3O2S. The molecule has 4 rings (SSSR count). The van der Waals surface area contributed by atoms with Gasteiger partial charge in [0.25, 0.3) is 10.0 Å². The van der Waals surface area contributed by atoms with Gasteiger partial charge in [-0.3, -0.25) is 4.72 Å². The summed E-state index contributed by atoms with van der Waals surface area (Å²) in [4.78, 5) is 4.44. The first-order valence-electron chi connectivity index (χ1n) is 8.84. The molecule has 0 bridgehead atoms. The van der Waals surface area contributed by atoms with Gasteiger partial charge < -0.3 is 4.57 Å². The Bertz CT molecular complexity index is 1270. The fourth-order valence-electron chi connectivity index (χ4n) is 3.19. The second-order valence-electron chi connectivity index (χ2n) is 6.65. The van der Waals surface area contributed by atoms with Gasteiger partial charge in [-0.05, 0) is 48.9 Å². The van der Waals surface area contributed by atoms with Crippen LogP contribution in [0.2, 0.25) is 10.0 Å². The third kappa shape index (κ3) is 4.10. The molecule has 0 amide bonds. The minimum Gasteiger partial charge on any atom is -0.323 e. The van der Waals surface area contributed by atoms with Crippen molar-refractivity contribution in [3.63, 3.8) is 0 Å². The number of benzene rings is 3. The van der Waals surface area contributed by atoms with Gasteiger partial charge in [0.1, 0.15) is 0 Å². The Hall–Kier alpha value is -2.54. The lowest BCUT2D eigenvalue weighted by Crippen LogP contribution is -2.13. The molecule has 0 saturated heterocycles. The molecule has 0 saturated carbocycles. The van der Waals surface area contributed by atoms with Gasteiger partial charge in [-0.25, -0.2) is 13.4 Å². The van der Waals surface area contributed by atoms with Crippen LogP contribution in [0.3, 0.4) is 0 Å². The molecule has 0 spiro atoms. The fourth-order valence-corrected chi connectivity index (χ4v) is 4.96. The third-order valence-electron chi connectivity index (χ3n) is 4.67. The molecule has 3 aromatic carbocycles. The Balaban J connectivity index is 1.70. The Morgan fingerprint density at radius 1 is 0.966 bits per heavy atom. The van der Waals surface area contributed by atoms with E-state index < -0.39 is 10.0 Å². The number of halogens is 2. The van der Waals surface area contributed by atoms with Crippen LogP contribution < -0.4 is 4.72 Å². The van der Waals surface area contributed by atoms with Crippen LogP contribution in [0.5, 0.6) is 0 Å². The molecule has 1 N–H and O–H groups in total. The molecule has 8 heteroatoms. The van der Waals surface area contributed by atoms with Crippen LogP contribution >= 0.6 is 23.2 Å². The Kier molecular flexibility index (Phi) is 5.25. The van der Waals surface area contributed by atoms with Crippen LogP contribution in [0.1, 0.15) is 18.5 Å². The van der Waals surface area contributed by atoms with E-state index in [4.69, 9.17) is 23.2 Å². The van der Waals surface area contributed by atoms with E-state index in [1.165, 1.54) is 18.2 Å². The average molecular weight is 446 g/mol. The minimum atomic E-state index is -3.84. The van der Waals surface area contributed by atoms with Gasteiger partial charge in [0, 0.05) is 10.0 Å². The molecule has 4 aromatic rings. The van der Waals surface area contributed by atoms with Gasteiger partial charge in [0.15, 0.2) is 0 Å². The number of rotatable bonds is 5. The summed E-state index contributed by atoms with van der Waals surface area (Å²) < 4.78 is 30.1. The molecule has 0 aliphatic heterocycles. The molecule has 29 heavy (non-hydrogen) atoms. The van der Waals surface area contributed by atoms with Crippen molar-refractivity contribution in [2.45, 2.75) is 17.9 Å². The maximum Gasteiger partial charge on any atom is 0.261 e. The fraction of sp³-hybridized carbons (Fsp3) is 0.0952. The van der Waals surface area contributed by atoms with Crippen molar-refractivity contribution in [3.05, 3.63) is 88.7 Å². The molecule has 148 valence electrons. The number of sulfonamides is 1. The second-order valence-corrected chi connectivity index (χ2v) is 9.21. The zero-order valence-electron chi connectivity index (χ0n) is 15.4. The van der Waals surface area contributed by atoms with Crippen LogP contribution in [0.25, 0.3) is 11.0 Å². The van der Waals surface area contributed by atoms with Gasteiger partial charge in [-0.2, -0.15) is 0 Å². The van der Waals surface area contributed by atoms with Crippen molar-refractivity contribution in [2.75, 3.05) is 4.72 Å². The average Bonchev–Trinajstić information content (AvgIpc) is 3.10. The molecule has 1 atom stereocenters. The van der Waals surface area contributed by atoms with Crippen molar-refractivity contribution in [2.24, 2.45) is 0 Å². The minimum absolute atomic E-state index is 0.00117. The molecule has 0 aliphatic carbocycles. The topological polar surface area (TPSA) is 64.0 Å². The number of hydrogen-bond acceptors (Lipinski definition) is 3. The van der Waals surface area contributed by atoms with Crippen LogP contribution in [-0.4, -0.2) is 18.0 Å². The molecule has 0 radical (unpaired) electrons. The summed E-state index contributed by atoms with van der Waals surface area (Å²) in [5.74, 6) is 0. The second kappa shape index (κ2) is 7.71. The number of aromatic nitrogens is 2. The van der Waals surface area contributed by atoms with Gasteiger partial charge in [0.05, 0.1) is 34.0 Å². The lowest BCUT2D eigenvalue weighted by molar-refractivity contribution is 0.601. The van der Waals surface area contributed by atoms with E-state index in [1.807, 2.05) is 34.9 Å². The highest BCUT2D eigenvalue weighted by Crippen LogP contribution is 2.28. The third-order valence-corrected chi connectivity index (χ3v) is 6.47. The van der Waals surface area contributed by atoms with Crippen LogP contribution in [-0.2, 0) is 10.0 Å². The summed E-state index contributed by atoms with van der Waals surface area (Å²) in [5, 5.41) is 0.506. The number of hydrogen-bond donors (Lipinski definition) is 1. The smallest absolute Gasteiger partial charge is 0.261 e. The van der Waals surface area contributed by atoms with E-state index in [2.05, 4.69) is 16.6 Å². The van der Waals surface area contributed by atoms with E-state index in [-0.39, 0.29) is 21.0 Å². The number of nitrogens with zero attached hydrogens (tertiary/aromatic N) is 2. The zero-order chi connectivity index (χ0) is 20.6.